The van der Waals surface area contributed by atoms with E-state index in [0.717, 1.165) is 41.7 Å². The van der Waals surface area contributed by atoms with Crippen molar-refractivity contribution in [2.24, 2.45) is 7.05 Å². The number of amides is 1. The number of aryl methyl sites for hydroxylation is 1. The van der Waals surface area contributed by atoms with E-state index < -0.39 is 23.9 Å². The highest BCUT2D eigenvalue weighted by atomic mass is 32.1. The van der Waals surface area contributed by atoms with Gasteiger partial charge in [0, 0.05) is 22.9 Å². The Morgan fingerprint density at radius 3 is 2.34 bits per heavy atom. The standard InChI is InChI=1S/C32H32N2O6S/c1-4-23(28(35)33-29-26(31(37)39-5-2)22-17-11-12-18-24(22)41-29)40-32(38)27-25(19-13-7-6-8-14-19)20-15-9-10-16-21(20)30(36)34(27)3/h6-10,13-16,23H,4-5,11-12,17-18H2,1-3H3,(H,33,35). The minimum Gasteiger partial charge on any atom is -0.462 e. The van der Waals surface area contributed by atoms with E-state index in [4.69, 9.17) is 9.47 Å². The zero-order valence-electron chi connectivity index (χ0n) is 23.3. The maximum atomic E-state index is 13.8. The largest absolute Gasteiger partial charge is 0.462 e. The monoisotopic (exact) mass is 572 g/mol. The predicted octanol–water partition coefficient (Wildman–Crippen LogP) is 5.90. The van der Waals surface area contributed by atoms with Gasteiger partial charge in [-0.15, -0.1) is 11.3 Å². The number of hydrogen-bond donors (Lipinski definition) is 1. The van der Waals surface area contributed by atoms with Gasteiger partial charge in [-0.1, -0.05) is 55.5 Å². The Morgan fingerprint density at radius 1 is 0.951 bits per heavy atom. The number of anilines is 1. The number of carbonyl (C=O) groups excluding carboxylic acids is 3. The molecule has 5 rings (SSSR count). The van der Waals surface area contributed by atoms with Crippen molar-refractivity contribution in [2.75, 3.05) is 11.9 Å². The van der Waals surface area contributed by atoms with Crippen molar-refractivity contribution in [3.63, 3.8) is 0 Å². The number of nitrogens with zero attached hydrogens (tertiary/aromatic N) is 1. The number of benzene rings is 2. The molecule has 1 N–H and O–H groups in total. The van der Waals surface area contributed by atoms with Crippen LogP contribution in [0.5, 0.6) is 0 Å². The number of thiophene rings is 1. The molecule has 0 fully saturated rings. The summed E-state index contributed by atoms with van der Waals surface area (Å²) in [6.45, 7) is 3.70. The van der Waals surface area contributed by atoms with Crippen LogP contribution in [0.3, 0.4) is 0 Å². The lowest BCUT2D eigenvalue weighted by Gasteiger charge is -2.20. The molecule has 2 aromatic heterocycles. The number of pyridine rings is 1. The third-order valence-corrected chi connectivity index (χ3v) is 8.57. The van der Waals surface area contributed by atoms with Gasteiger partial charge in [0.1, 0.15) is 10.7 Å². The molecule has 0 radical (unpaired) electrons. The molecule has 1 unspecified atom stereocenters. The first-order valence-electron chi connectivity index (χ1n) is 13.9. The summed E-state index contributed by atoms with van der Waals surface area (Å²) >= 11 is 1.37. The number of ether oxygens (including phenoxy) is 2. The van der Waals surface area contributed by atoms with Gasteiger partial charge in [-0.25, -0.2) is 9.59 Å². The minimum atomic E-state index is -1.15. The molecule has 8 nitrogen and oxygen atoms in total. The van der Waals surface area contributed by atoms with Gasteiger partial charge in [0.05, 0.1) is 12.2 Å². The van der Waals surface area contributed by atoms with E-state index in [1.54, 1.807) is 32.0 Å². The summed E-state index contributed by atoms with van der Waals surface area (Å²) in [4.78, 5) is 54.4. The van der Waals surface area contributed by atoms with Gasteiger partial charge in [0.2, 0.25) is 0 Å². The molecule has 0 aliphatic heterocycles. The first-order valence-corrected chi connectivity index (χ1v) is 14.7. The van der Waals surface area contributed by atoms with Crippen molar-refractivity contribution in [1.82, 2.24) is 4.57 Å². The van der Waals surface area contributed by atoms with Crippen LogP contribution in [0.25, 0.3) is 21.9 Å². The number of nitrogens with one attached hydrogen (secondary N) is 1. The van der Waals surface area contributed by atoms with Crippen LogP contribution in [0.1, 0.15) is 64.4 Å². The van der Waals surface area contributed by atoms with Gasteiger partial charge in [0.15, 0.2) is 6.10 Å². The molecule has 0 bridgehead atoms. The second-order valence-electron chi connectivity index (χ2n) is 9.93. The quantitative estimate of drug-likeness (QED) is 0.264. The van der Waals surface area contributed by atoms with Crippen LogP contribution in [0.15, 0.2) is 59.4 Å². The highest BCUT2D eigenvalue weighted by molar-refractivity contribution is 7.17. The zero-order chi connectivity index (χ0) is 29.1. The van der Waals surface area contributed by atoms with E-state index in [1.165, 1.54) is 23.0 Å². The molecule has 0 spiro atoms. The summed E-state index contributed by atoms with van der Waals surface area (Å²) in [5.41, 5.74) is 2.34. The molecule has 2 aromatic carbocycles. The fourth-order valence-electron chi connectivity index (χ4n) is 5.37. The van der Waals surface area contributed by atoms with E-state index in [1.807, 2.05) is 36.4 Å². The molecule has 41 heavy (non-hydrogen) atoms. The number of carbonyl (C=O) groups is 3. The third-order valence-electron chi connectivity index (χ3n) is 7.36. The van der Waals surface area contributed by atoms with Crippen LogP contribution in [-0.2, 0) is 34.2 Å². The molecule has 2 heterocycles. The van der Waals surface area contributed by atoms with E-state index in [0.29, 0.717) is 26.9 Å². The first kappa shape index (κ1) is 28.3. The van der Waals surface area contributed by atoms with E-state index >= 15 is 0 Å². The molecule has 1 aliphatic rings. The second-order valence-corrected chi connectivity index (χ2v) is 11.0. The summed E-state index contributed by atoms with van der Waals surface area (Å²) in [7, 11) is 1.53. The van der Waals surface area contributed by atoms with E-state index in [2.05, 4.69) is 5.32 Å². The zero-order valence-corrected chi connectivity index (χ0v) is 24.1. The van der Waals surface area contributed by atoms with Crippen LogP contribution < -0.4 is 10.9 Å². The van der Waals surface area contributed by atoms with Gasteiger partial charge in [0.25, 0.3) is 11.5 Å². The van der Waals surface area contributed by atoms with Gasteiger partial charge < -0.3 is 19.4 Å². The first-order chi connectivity index (χ1) is 19.8. The molecule has 1 atom stereocenters. The lowest BCUT2D eigenvalue weighted by Crippen LogP contribution is -2.34. The van der Waals surface area contributed by atoms with Crippen molar-refractivity contribution < 1.29 is 23.9 Å². The van der Waals surface area contributed by atoms with Crippen LogP contribution >= 0.6 is 11.3 Å². The average Bonchev–Trinajstić information content (AvgIpc) is 3.35. The Kier molecular flexibility index (Phi) is 8.35. The number of esters is 2. The number of rotatable bonds is 8. The van der Waals surface area contributed by atoms with Crippen molar-refractivity contribution in [3.05, 3.63) is 86.6 Å². The van der Waals surface area contributed by atoms with Gasteiger partial charge >= 0.3 is 11.9 Å². The lowest BCUT2D eigenvalue weighted by atomic mass is 9.95. The summed E-state index contributed by atoms with van der Waals surface area (Å²) < 4.78 is 12.4. The maximum Gasteiger partial charge on any atom is 0.356 e. The maximum absolute atomic E-state index is 13.8. The molecular weight excluding hydrogens is 540 g/mol. The van der Waals surface area contributed by atoms with Gasteiger partial charge in [-0.05, 0) is 61.6 Å². The SMILES string of the molecule is CCOC(=O)c1c(NC(=O)C(CC)OC(=O)c2c(-c3ccccc3)c3ccccc3c(=O)n2C)sc2c1CCCC2. The minimum absolute atomic E-state index is 0.0601. The van der Waals surface area contributed by atoms with Crippen molar-refractivity contribution >= 4 is 45.0 Å². The van der Waals surface area contributed by atoms with E-state index in [9.17, 15) is 19.2 Å². The number of hydrogen-bond acceptors (Lipinski definition) is 7. The van der Waals surface area contributed by atoms with E-state index in [-0.39, 0.29) is 24.3 Å². The molecule has 212 valence electrons. The Balaban J connectivity index is 1.49. The summed E-state index contributed by atoms with van der Waals surface area (Å²) in [6, 6.07) is 16.4. The van der Waals surface area contributed by atoms with Crippen LogP contribution in [-0.4, -0.2) is 35.1 Å². The molecule has 4 aromatic rings. The van der Waals surface area contributed by atoms with Gasteiger partial charge in [-0.2, -0.15) is 0 Å². The smallest absolute Gasteiger partial charge is 0.356 e. The predicted molar refractivity (Wildman–Crippen MR) is 160 cm³/mol. The van der Waals surface area contributed by atoms with Crippen LogP contribution in [0.2, 0.25) is 0 Å². The average molecular weight is 573 g/mol. The molecule has 1 aliphatic carbocycles. The Morgan fingerprint density at radius 2 is 1.63 bits per heavy atom. The highest BCUT2D eigenvalue weighted by Gasteiger charge is 2.31. The number of aromatic nitrogens is 1. The second kappa shape index (κ2) is 12.1. The number of fused-ring (bicyclic) bond motifs is 2. The molecule has 1 amide bonds. The van der Waals surface area contributed by atoms with Crippen molar-refractivity contribution in [2.45, 2.75) is 52.1 Å². The lowest BCUT2D eigenvalue weighted by molar-refractivity contribution is -0.124. The molecule has 0 saturated carbocycles. The van der Waals surface area contributed by atoms with Gasteiger partial charge in [-0.3, -0.25) is 9.59 Å². The highest BCUT2D eigenvalue weighted by Crippen LogP contribution is 2.39. The Hall–Kier alpha value is -4.24. The summed E-state index contributed by atoms with van der Waals surface area (Å²) in [6.07, 6.45) is 2.62. The summed E-state index contributed by atoms with van der Waals surface area (Å²) in [5.74, 6) is -1.80. The molecule has 0 saturated heterocycles. The fourth-order valence-corrected chi connectivity index (χ4v) is 6.65. The topological polar surface area (TPSA) is 104 Å². The Labute approximate surface area is 241 Å². The van der Waals surface area contributed by atoms with Crippen LogP contribution in [0.4, 0.5) is 5.00 Å². The van der Waals surface area contributed by atoms with Crippen LogP contribution in [0, 0.1) is 0 Å². The fraction of sp³-hybridized carbons (Fsp3) is 0.312. The normalized spacial score (nSPS) is 13.3. The summed E-state index contributed by atoms with van der Waals surface area (Å²) in [5, 5.41) is 4.36. The Bertz CT molecular complexity index is 1690. The van der Waals surface area contributed by atoms with Crippen molar-refractivity contribution in [3.8, 4) is 11.1 Å². The van der Waals surface area contributed by atoms with Crippen molar-refractivity contribution in [1.29, 1.82) is 0 Å². The third kappa shape index (κ3) is 5.41. The molecule has 9 heteroatoms. The molecular formula is C32H32N2O6S.